The Morgan fingerprint density at radius 2 is 1.95 bits per heavy atom. The quantitative estimate of drug-likeness (QED) is 0.744. The molecule has 6 unspecified atom stereocenters. The highest BCUT2D eigenvalue weighted by Crippen LogP contribution is 2.48. The lowest BCUT2D eigenvalue weighted by Crippen LogP contribution is -2.48. The van der Waals surface area contributed by atoms with Gasteiger partial charge in [0, 0.05) is 12.1 Å². The Kier molecular flexibility index (Phi) is 4.88. The Hall–Kier alpha value is -0.570. The van der Waals surface area contributed by atoms with Crippen LogP contribution in [0.4, 0.5) is 0 Å². The summed E-state index contributed by atoms with van der Waals surface area (Å²) in [6.45, 7) is 6.73. The largest absolute Gasteiger partial charge is 0.481 e. The van der Waals surface area contributed by atoms with Gasteiger partial charge in [-0.05, 0) is 49.9 Å². The molecule has 0 aromatic rings. The second-order valence-electron chi connectivity index (χ2n) is 6.74. The van der Waals surface area contributed by atoms with Crippen molar-refractivity contribution in [1.29, 1.82) is 0 Å². The molecule has 0 spiro atoms. The number of aliphatic carboxylic acids is 1. The van der Waals surface area contributed by atoms with Crippen LogP contribution >= 0.6 is 0 Å². The number of hydrogen-bond donors (Lipinski definition) is 2. The van der Waals surface area contributed by atoms with Crippen molar-refractivity contribution in [3.8, 4) is 0 Å². The van der Waals surface area contributed by atoms with Crippen LogP contribution in [0.1, 0.15) is 59.3 Å². The van der Waals surface area contributed by atoms with E-state index in [0.29, 0.717) is 17.9 Å². The summed E-state index contributed by atoms with van der Waals surface area (Å²) in [5.41, 5.74) is 0. The van der Waals surface area contributed by atoms with Gasteiger partial charge in [0.1, 0.15) is 0 Å². The smallest absolute Gasteiger partial charge is 0.308 e. The van der Waals surface area contributed by atoms with Crippen molar-refractivity contribution >= 4 is 5.97 Å². The Morgan fingerprint density at radius 3 is 2.53 bits per heavy atom. The molecule has 0 aromatic carbocycles. The molecule has 3 heteroatoms. The van der Waals surface area contributed by atoms with E-state index in [1.807, 2.05) is 0 Å². The Bertz CT molecular complexity index is 318. The van der Waals surface area contributed by atoms with Gasteiger partial charge in [0.05, 0.1) is 5.92 Å². The van der Waals surface area contributed by atoms with Crippen molar-refractivity contribution in [2.75, 3.05) is 0 Å². The molecule has 0 aliphatic heterocycles. The van der Waals surface area contributed by atoms with Gasteiger partial charge >= 0.3 is 5.97 Å². The molecule has 0 aromatic heterocycles. The molecule has 0 radical (unpaired) electrons. The fourth-order valence-corrected chi connectivity index (χ4v) is 4.16. The third kappa shape index (κ3) is 3.13. The molecule has 0 heterocycles. The first-order chi connectivity index (χ1) is 9.06. The molecular formula is C16H29NO2. The summed E-state index contributed by atoms with van der Waals surface area (Å²) in [5.74, 6) is 1.05. The van der Waals surface area contributed by atoms with Gasteiger partial charge in [-0.15, -0.1) is 0 Å². The van der Waals surface area contributed by atoms with Gasteiger partial charge < -0.3 is 10.4 Å². The molecular weight excluding hydrogens is 238 g/mol. The maximum atomic E-state index is 11.5. The number of nitrogens with one attached hydrogen (secondary N) is 1. The van der Waals surface area contributed by atoms with Gasteiger partial charge in [-0.2, -0.15) is 0 Å². The van der Waals surface area contributed by atoms with Gasteiger partial charge in [0.2, 0.25) is 0 Å². The van der Waals surface area contributed by atoms with Crippen LogP contribution in [-0.4, -0.2) is 23.2 Å². The molecule has 0 amide bonds. The molecule has 2 fully saturated rings. The predicted octanol–water partition coefficient (Wildman–Crippen LogP) is 3.29. The zero-order valence-electron chi connectivity index (χ0n) is 12.6. The molecule has 2 bridgehead atoms. The molecule has 3 nitrogen and oxygen atoms in total. The molecule has 19 heavy (non-hydrogen) atoms. The van der Waals surface area contributed by atoms with Gasteiger partial charge in [-0.3, -0.25) is 4.79 Å². The van der Waals surface area contributed by atoms with Crippen LogP contribution in [0.25, 0.3) is 0 Å². The molecule has 110 valence electrons. The van der Waals surface area contributed by atoms with Crippen LogP contribution in [-0.2, 0) is 4.79 Å². The van der Waals surface area contributed by atoms with Crippen LogP contribution in [0.2, 0.25) is 0 Å². The van der Waals surface area contributed by atoms with Crippen LogP contribution in [0.3, 0.4) is 0 Å². The summed E-state index contributed by atoms with van der Waals surface area (Å²) in [7, 11) is 0. The van der Waals surface area contributed by atoms with E-state index in [9.17, 15) is 9.90 Å². The second kappa shape index (κ2) is 6.25. The van der Waals surface area contributed by atoms with E-state index in [4.69, 9.17) is 0 Å². The van der Waals surface area contributed by atoms with Crippen LogP contribution in [0.5, 0.6) is 0 Å². The normalized spacial score (nSPS) is 36.4. The maximum absolute atomic E-state index is 11.5. The third-order valence-electron chi connectivity index (χ3n) is 5.51. The highest BCUT2D eigenvalue weighted by atomic mass is 16.4. The average Bonchev–Trinajstić information content (AvgIpc) is 2.97. The monoisotopic (exact) mass is 267 g/mol. The summed E-state index contributed by atoms with van der Waals surface area (Å²) in [6.07, 6.45) is 6.97. The number of carboxylic acid groups (broad SMARTS) is 1. The lowest BCUT2D eigenvalue weighted by molar-refractivity contribution is -0.144. The first-order valence-electron chi connectivity index (χ1n) is 8.05. The average molecular weight is 267 g/mol. The molecule has 2 saturated carbocycles. The SMILES string of the molecule is CCC(C)CC(CC)NC1C2CCC(C2)C1C(=O)O. The van der Waals surface area contributed by atoms with Crippen molar-refractivity contribution in [1.82, 2.24) is 5.32 Å². The number of fused-ring (bicyclic) bond motifs is 2. The Balaban J connectivity index is 1.97. The number of rotatable bonds is 7. The van der Waals surface area contributed by atoms with Crippen LogP contribution in [0, 0.1) is 23.7 Å². The van der Waals surface area contributed by atoms with Crippen molar-refractivity contribution in [3.63, 3.8) is 0 Å². The van der Waals surface area contributed by atoms with Gasteiger partial charge in [-0.1, -0.05) is 27.2 Å². The lowest BCUT2D eigenvalue weighted by atomic mass is 9.83. The minimum atomic E-state index is -0.580. The topological polar surface area (TPSA) is 49.3 Å². The van der Waals surface area contributed by atoms with E-state index in [-0.39, 0.29) is 12.0 Å². The number of carbonyl (C=O) groups is 1. The highest BCUT2D eigenvalue weighted by Gasteiger charge is 2.51. The molecule has 2 aliphatic carbocycles. The Morgan fingerprint density at radius 1 is 1.26 bits per heavy atom. The first-order valence-corrected chi connectivity index (χ1v) is 8.05. The maximum Gasteiger partial charge on any atom is 0.308 e. The minimum absolute atomic E-state index is 0.135. The van der Waals surface area contributed by atoms with E-state index in [1.165, 1.54) is 19.3 Å². The fraction of sp³-hybridized carbons (Fsp3) is 0.938. The zero-order chi connectivity index (χ0) is 14.0. The first kappa shape index (κ1) is 14.8. The summed E-state index contributed by atoms with van der Waals surface area (Å²) < 4.78 is 0. The molecule has 0 saturated heterocycles. The summed E-state index contributed by atoms with van der Waals surface area (Å²) in [6, 6.07) is 0.714. The minimum Gasteiger partial charge on any atom is -0.481 e. The number of carboxylic acids is 1. The summed E-state index contributed by atoms with van der Waals surface area (Å²) in [5, 5.41) is 13.2. The molecule has 2 N–H and O–H groups in total. The number of hydrogen-bond acceptors (Lipinski definition) is 2. The molecule has 2 rings (SSSR count). The predicted molar refractivity (Wildman–Crippen MR) is 77.0 cm³/mol. The lowest BCUT2D eigenvalue weighted by Gasteiger charge is -2.33. The van der Waals surface area contributed by atoms with Crippen molar-refractivity contribution in [3.05, 3.63) is 0 Å². The third-order valence-corrected chi connectivity index (χ3v) is 5.51. The standard InChI is InChI=1S/C16H29NO2/c1-4-10(3)8-13(5-2)17-15-12-7-6-11(9-12)14(15)16(18)19/h10-15,17H,4-9H2,1-3H3,(H,18,19). The second-order valence-corrected chi connectivity index (χ2v) is 6.74. The van der Waals surface area contributed by atoms with E-state index in [1.54, 1.807) is 0 Å². The summed E-state index contributed by atoms with van der Waals surface area (Å²) in [4.78, 5) is 11.5. The Labute approximate surface area is 117 Å². The van der Waals surface area contributed by atoms with Gasteiger partial charge in [-0.25, -0.2) is 0 Å². The zero-order valence-corrected chi connectivity index (χ0v) is 12.6. The molecule has 2 aliphatic rings. The van der Waals surface area contributed by atoms with E-state index >= 15 is 0 Å². The van der Waals surface area contributed by atoms with Crippen LogP contribution in [0.15, 0.2) is 0 Å². The van der Waals surface area contributed by atoms with Crippen molar-refractivity contribution in [2.24, 2.45) is 23.7 Å². The highest BCUT2D eigenvalue weighted by molar-refractivity contribution is 5.72. The van der Waals surface area contributed by atoms with Crippen molar-refractivity contribution < 1.29 is 9.90 Å². The van der Waals surface area contributed by atoms with E-state index < -0.39 is 5.97 Å². The molecule has 6 atom stereocenters. The van der Waals surface area contributed by atoms with Crippen LogP contribution < -0.4 is 5.32 Å². The summed E-state index contributed by atoms with van der Waals surface area (Å²) >= 11 is 0. The fourth-order valence-electron chi connectivity index (χ4n) is 4.16. The van der Waals surface area contributed by atoms with Gasteiger partial charge in [0.25, 0.3) is 0 Å². The van der Waals surface area contributed by atoms with E-state index in [0.717, 1.165) is 25.2 Å². The van der Waals surface area contributed by atoms with E-state index in [2.05, 4.69) is 26.1 Å². The van der Waals surface area contributed by atoms with Gasteiger partial charge in [0.15, 0.2) is 0 Å². The van der Waals surface area contributed by atoms with Crippen molar-refractivity contribution in [2.45, 2.75) is 71.4 Å².